The zero-order chi connectivity index (χ0) is 17.7. The van der Waals surface area contributed by atoms with Gasteiger partial charge >= 0.3 is 0 Å². The number of para-hydroxylation sites is 1. The molecule has 2 aromatic carbocycles. The number of methoxy groups -OCH3 is 1. The van der Waals surface area contributed by atoms with Crippen molar-refractivity contribution < 1.29 is 14.3 Å². The van der Waals surface area contributed by atoms with Crippen LogP contribution in [0.25, 0.3) is 0 Å². The smallest absolute Gasteiger partial charge is 0.258 e. The molecule has 0 unspecified atom stereocenters. The van der Waals surface area contributed by atoms with Gasteiger partial charge in [0.1, 0.15) is 11.5 Å². The number of carbonyl (C=O) groups excluding carboxylic acids is 1. The Kier molecular flexibility index (Phi) is 6.60. The highest BCUT2D eigenvalue weighted by Gasteiger charge is 2.15. The Morgan fingerprint density at radius 1 is 1.08 bits per heavy atom. The van der Waals surface area contributed by atoms with E-state index in [9.17, 15) is 4.79 Å². The SMILES string of the molecule is COc1ccccc1[C@H](C)NC(=O)COc1cc(Cl)c(Cl)cc1Cl. The third-order valence-electron chi connectivity index (χ3n) is 3.32. The first kappa shape index (κ1) is 18.7. The van der Waals surface area contributed by atoms with E-state index in [-0.39, 0.29) is 23.6 Å². The number of hydrogen-bond acceptors (Lipinski definition) is 3. The van der Waals surface area contributed by atoms with Gasteiger partial charge in [-0.1, -0.05) is 53.0 Å². The number of rotatable bonds is 6. The fourth-order valence-corrected chi connectivity index (χ4v) is 2.73. The van der Waals surface area contributed by atoms with Crippen molar-refractivity contribution in [2.24, 2.45) is 0 Å². The molecule has 0 saturated carbocycles. The summed E-state index contributed by atoms with van der Waals surface area (Å²) in [6.07, 6.45) is 0. The molecule has 0 radical (unpaired) electrons. The molecule has 4 nitrogen and oxygen atoms in total. The van der Waals surface area contributed by atoms with Crippen LogP contribution < -0.4 is 14.8 Å². The average molecular weight is 389 g/mol. The van der Waals surface area contributed by atoms with Crippen LogP contribution in [-0.4, -0.2) is 19.6 Å². The molecular formula is C17H16Cl3NO3. The zero-order valence-corrected chi connectivity index (χ0v) is 15.4. The summed E-state index contributed by atoms with van der Waals surface area (Å²) in [6.45, 7) is 1.67. The van der Waals surface area contributed by atoms with Crippen LogP contribution in [0.15, 0.2) is 36.4 Å². The van der Waals surface area contributed by atoms with Crippen LogP contribution in [0.5, 0.6) is 11.5 Å². The molecule has 128 valence electrons. The van der Waals surface area contributed by atoms with E-state index in [1.165, 1.54) is 12.1 Å². The number of hydrogen-bond donors (Lipinski definition) is 1. The van der Waals surface area contributed by atoms with E-state index in [4.69, 9.17) is 44.3 Å². The van der Waals surface area contributed by atoms with Crippen molar-refractivity contribution in [1.29, 1.82) is 0 Å². The van der Waals surface area contributed by atoms with Crippen LogP contribution in [-0.2, 0) is 4.79 Å². The minimum atomic E-state index is -0.296. The molecule has 1 amide bonds. The molecule has 24 heavy (non-hydrogen) atoms. The summed E-state index contributed by atoms with van der Waals surface area (Å²) in [7, 11) is 1.59. The number of nitrogens with one attached hydrogen (secondary N) is 1. The van der Waals surface area contributed by atoms with Crippen LogP contribution in [0.2, 0.25) is 15.1 Å². The maximum Gasteiger partial charge on any atom is 0.258 e. The van der Waals surface area contributed by atoms with Gasteiger partial charge in [-0.3, -0.25) is 4.79 Å². The topological polar surface area (TPSA) is 47.6 Å². The van der Waals surface area contributed by atoms with E-state index < -0.39 is 0 Å². The molecule has 2 rings (SSSR count). The molecule has 7 heteroatoms. The lowest BCUT2D eigenvalue weighted by molar-refractivity contribution is -0.123. The molecule has 2 aromatic rings. The Morgan fingerprint density at radius 3 is 2.46 bits per heavy atom. The minimum Gasteiger partial charge on any atom is -0.496 e. The lowest BCUT2D eigenvalue weighted by atomic mass is 10.1. The Hall–Kier alpha value is -1.62. The molecule has 0 aliphatic heterocycles. The summed E-state index contributed by atoms with van der Waals surface area (Å²) in [5.74, 6) is 0.709. The number of ether oxygens (including phenoxy) is 2. The first-order valence-corrected chi connectivity index (χ1v) is 8.25. The molecule has 0 aromatic heterocycles. The minimum absolute atomic E-state index is 0.197. The number of benzene rings is 2. The van der Waals surface area contributed by atoms with Gasteiger partial charge in [0.05, 0.1) is 28.2 Å². The van der Waals surface area contributed by atoms with Gasteiger partial charge in [-0.25, -0.2) is 0 Å². The summed E-state index contributed by atoms with van der Waals surface area (Å²) < 4.78 is 10.7. The first-order valence-electron chi connectivity index (χ1n) is 7.12. The molecular weight excluding hydrogens is 373 g/mol. The first-order chi connectivity index (χ1) is 11.4. The van der Waals surface area contributed by atoms with Gasteiger partial charge in [-0.05, 0) is 19.1 Å². The van der Waals surface area contributed by atoms with E-state index in [0.29, 0.717) is 21.5 Å². The van der Waals surface area contributed by atoms with Gasteiger partial charge in [0, 0.05) is 11.6 Å². The molecule has 0 spiro atoms. The predicted molar refractivity (Wildman–Crippen MR) is 96.5 cm³/mol. The Bertz CT molecular complexity index is 737. The largest absolute Gasteiger partial charge is 0.496 e. The maximum atomic E-state index is 12.1. The third-order valence-corrected chi connectivity index (χ3v) is 4.33. The van der Waals surface area contributed by atoms with Gasteiger partial charge in [0.2, 0.25) is 0 Å². The van der Waals surface area contributed by atoms with Crippen molar-refractivity contribution in [3.8, 4) is 11.5 Å². The van der Waals surface area contributed by atoms with Crippen molar-refractivity contribution in [2.75, 3.05) is 13.7 Å². The Labute approximate surface area is 155 Å². The molecule has 0 aliphatic rings. The third kappa shape index (κ3) is 4.69. The number of halogens is 3. The number of amides is 1. The fraction of sp³-hybridized carbons (Fsp3) is 0.235. The van der Waals surface area contributed by atoms with Crippen molar-refractivity contribution in [1.82, 2.24) is 5.32 Å². The average Bonchev–Trinajstić information content (AvgIpc) is 2.56. The van der Waals surface area contributed by atoms with Crippen LogP contribution in [0.4, 0.5) is 0 Å². The maximum absolute atomic E-state index is 12.1. The molecule has 0 heterocycles. The van der Waals surface area contributed by atoms with Gasteiger partial charge in [0.25, 0.3) is 5.91 Å². The highest BCUT2D eigenvalue weighted by atomic mass is 35.5. The molecule has 0 saturated heterocycles. The van der Waals surface area contributed by atoms with E-state index in [0.717, 1.165) is 5.56 Å². The van der Waals surface area contributed by atoms with E-state index in [2.05, 4.69) is 5.32 Å². The van der Waals surface area contributed by atoms with Gasteiger partial charge in [-0.2, -0.15) is 0 Å². The highest BCUT2D eigenvalue weighted by Crippen LogP contribution is 2.33. The monoisotopic (exact) mass is 387 g/mol. The Balaban J connectivity index is 1.97. The zero-order valence-electron chi connectivity index (χ0n) is 13.1. The molecule has 1 atom stereocenters. The number of carbonyl (C=O) groups is 1. The summed E-state index contributed by atoms with van der Waals surface area (Å²) >= 11 is 17.8. The lowest BCUT2D eigenvalue weighted by Gasteiger charge is -2.17. The van der Waals surface area contributed by atoms with Crippen molar-refractivity contribution in [2.45, 2.75) is 13.0 Å². The van der Waals surface area contributed by atoms with E-state index in [1.807, 2.05) is 31.2 Å². The van der Waals surface area contributed by atoms with E-state index >= 15 is 0 Å². The fourth-order valence-electron chi connectivity index (χ4n) is 2.14. The quantitative estimate of drug-likeness (QED) is 0.715. The molecule has 1 N–H and O–H groups in total. The second-order valence-electron chi connectivity index (χ2n) is 5.02. The van der Waals surface area contributed by atoms with Crippen LogP contribution in [0, 0.1) is 0 Å². The second kappa shape index (κ2) is 8.47. The normalized spacial score (nSPS) is 11.7. The van der Waals surface area contributed by atoms with Crippen LogP contribution in [0.1, 0.15) is 18.5 Å². The van der Waals surface area contributed by atoms with Gasteiger partial charge < -0.3 is 14.8 Å². The van der Waals surface area contributed by atoms with Crippen LogP contribution >= 0.6 is 34.8 Å². The van der Waals surface area contributed by atoms with Crippen molar-refractivity contribution >= 4 is 40.7 Å². The van der Waals surface area contributed by atoms with Crippen molar-refractivity contribution in [3.63, 3.8) is 0 Å². The summed E-state index contributed by atoms with van der Waals surface area (Å²) in [5, 5.41) is 3.75. The summed E-state index contributed by atoms with van der Waals surface area (Å²) in [6, 6.07) is 10.2. The lowest BCUT2D eigenvalue weighted by Crippen LogP contribution is -2.31. The van der Waals surface area contributed by atoms with Gasteiger partial charge in [0.15, 0.2) is 6.61 Å². The molecule has 0 aliphatic carbocycles. The standard InChI is InChI=1S/C17H16Cl3NO3/c1-10(11-5-3-4-6-15(11)23-2)21-17(22)9-24-16-8-13(19)12(18)7-14(16)20/h3-8,10H,9H2,1-2H3,(H,21,22)/t10-/m0/s1. The van der Waals surface area contributed by atoms with Crippen LogP contribution in [0.3, 0.4) is 0 Å². The molecule has 0 bridgehead atoms. The molecule has 0 fully saturated rings. The summed E-state index contributed by atoms with van der Waals surface area (Å²) in [4.78, 5) is 12.1. The second-order valence-corrected chi connectivity index (χ2v) is 6.24. The van der Waals surface area contributed by atoms with Crippen molar-refractivity contribution in [3.05, 3.63) is 57.0 Å². The van der Waals surface area contributed by atoms with Gasteiger partial charge in [-0.15, -0.1) is 0 Å². The van der Waals surface area contributed by atoms with E-state index in [1.54, 1.807) is 7.11 Å². The summed E-state index contributed by atoms with van der Waals surface area (Å²) in [5.41, 5.74) is 0.876. The predicted octanol–water partition coefficient (Wildman–Crippen LogP) is 4.91. The highest BCUT2D eigenvalue weighted by molar-refractivity contribution is 6.43. The Morgan fingerprint density at radius 2 is 1.75 bits per heavy atom.